The van der Waals surface area contributed by atoms with Crippen LogP contribution in [-0.4, -0.2) is 29.7 Å². The maximum Gasteiger partial charge on any atom is 0.331 e. The lowest BCUT2D eigenvalue weighted by molar-refractivity contribution is -0.139. The first-order valence-corrected chi connectivity index (χ1v) is 8.96. The summed E-state index contributed by atoms with van der Waals surface area (Å²) in [5, 5.41) is 8.81. The van der Waals surface area contributed by atoms with Crippen LogP contribution < -0.4 is 5.73 Å². The van der Waals surface area contributed by atoms with E-state index in [1.807, 2.05) is 36.4 Å². The Morgan fingerprint density at radius 1 is 1.12 bits per heavy atom. The van der Waals surface area contributed by atoms with Crippen molar-refractivity contribution in [3.63, 3.8) is 0 Å². The number of carboxylic acid groups (broad SMARTS) is 1. The quantitative estimate of drug-likeness (QED) is 0.557. The highest BCUT2D eigenvalue weighted by Gasteiger charge is 2.28. The fraction of sp³-hybridized carbons (Fsp3) is 0.200. The third kappa shape index (κ3) is 3.86. The van der Waals surface area contributed by atoms with Gasteiger partial charge in [-0.2, -0.15) is 0 Å². The van der Waals surface area contributed by atoms with E-state index in [1.54, 1.807) is 0 Å². The minimum Gasteiger partial charge on any atom is -0.480 e. The Balaban J connectivity index is 1.70. The summed E-state index contributed by atoms with van der Waals surface area (Å²) in [5.74, 6) is -1.67. The van der Waals surface area contributed by atoms with Crippen LogP contribution in [0.2, 0.25) is 0 Å². The van der Waals surface area contributed by atoms with Gasteiger partial charge in [-0.05, 0) is 22.3 Å². The van der Waals surface area contributed by atoms with Gasteiger partial charge in [0, 0.05) is 22.9 Å². The van der Waals surface area contributed by atoms with Crippen LogP contribution in [0.5, 0.6) is 0 Å². The molecule has 3 N–H and O–H groups in total. The summed E-state index contributed by atoms with van der Waals surface area (Å²) in [6, 6.07) is 15.1. The molecule has 0 amide bonds. The summed E-state index contributed by atoms with van der Waals surface area (Å²) >= 11 is 3.17. The van der Waals surface area contributed by atoms with Gasteiger partial charge in [0.25, 0.3) is 0 Å². The average Bonchev–Trinajstić information content (AvgIpc) is 2.93. The van der Waals surface area contributed by atoms with E-state index in [9.17, 15) is 9.59 Å². The number of rotatable bonds is 6. The first-order valence-electron chi connectivity index (χ1n) is 8.17. The third-order valence-electron chi connectivity index (χ3n) is 4.36. The van der Waals surface area contributed by atoms with Crippen molar-refractivity contribution < 1.29 is 19.4 Å². The molecule has 2 aromatic rings. The van der Waals surface area contributed by atoms with Crippen LogP contribution in [0.4, 0.5) is 0 Å². The predicted octanol–water partition coefficient (Wildman–Crippen LogP) is 3.42. The van der Waals surface area contributed by atoms with Crippen LogP contribution in [0.3, 0.4) is 0 Å². The van der Waals surface area contributed by atoms with Gasteiger partial charge in [0.2, 0.25) is 0 Å². The van der Waals surface area contributed by atoms with Gasteiger partial charge in [-0.3, -0.25) is 4.79 Å². The summed E-state index contributed by atoms with van der Waals surface area (Å²) in [5.41, 5.74) is 10.0. The van der Waals surface area contributed by atoms with Gasteiger partial charge in [0.1, 0.15) is 12.6 Å². The lowest BCUT2D eigenvalue weighted by atomic mass is 9.98. The molecule has 3 rings (SSSR count). The van der Waals surface area contributed by atoms with Crippen molar-refractivity contribution in [1.82, 2.24) is 0 Å². The molecule has 6 heteroatoms. The van der Waals surface area contributed by atoms with Crippen LogP contribution in [-0.2, 0) is 14.3 Å². The summed E-state index contributed by atoms with van der Waals surface area (Å²) in [6.07, 6.45) is 1.26. The Labute approximate surface area is 159 Å². The van der Waals surface area contributed by atoms with Crippen molar-refractivity contribution >= 4 is 27.9 Å². The van der Waals surface area contributed by atoms with Crippen LogP contribution >= 0.6 is 15.9 Å². The molecule has 1 aliphatic carbocycles. The molecule has 0 heterocycles. The second-order valence-electron chi connectivity index (χ2n) is 6.10. The van der Waals surface area contributed by atoms with Crippen molar-refractivity contribution in [2.24, 2.45) is 5.73 Å². The Bertz CT molecular complexity index is 832. The number of carbonyl (C=O) groups excluding carboxylic acids is 1. The number of ether oxygens (including phenoxy) is 1. The SMILES string of the molecule is NC(C/C(Br)=C/C(=O)OCC1c2ccccc2-c2ccccc21)C(=O)O. The minimum atomic E-state index is -1.12. The van der Waals surface area contributed by atoms with Gasteiger partial charge in [-0.15, -0.1) is 0 Å². The highest BCUT2D eigenvalue weighted by molar-refractivity contribution is 9.11. The smallest absolute Gasteiger partial charge is 0.331 e. The summed E-state index contributed by atoms with van der Waals surface area (Å²) in [4.78, 5) is 22.8. The van der Waals surface area contributed by atoms with E-state index in [0.29, 0.717) is 4.48 Å². The molecule has 0 bridgehead atoms. The fourth-order valence-corrected chi connectivity index (χ4v) is 3.67. The monoisotopic (exact) mass is 415 g/mol. The molecule has 0 fully saturated rings. The molecule has 134 valence electrons. The molecule has 1 atom stereocenters. The molecule has 0 aromatic heterocycles. The highest BCUT2D eigenvalue weighted by atomic mass is 79.9. The topological polar surface area (TPSA) is 89.6 Å². The van der Waals surface area contributed by atoms with Crippen molar-refractivity contribution in [3.8, 4) is 11.1 Å². The lowest BCUT2D eigenvalue weighted by Gasteiger charge is -2.13. The van der Waals surface area contributed by atoms with E-state index in [2.05, 4.69) is 28.1 Å². The molecule has 0 saturated heterocycles. The number of hydrogen-bond donors (Lipinski definition) is 2. The minimum absolute atomic E-state index is 0.0141. The zero-order valence-corrected chi connectivity index (χ0v) is 15.5. The van der Waals surface area contributed by atoms with Gasteiger partial charge in [-0.1, -0.05) is 64.5 Å². The number of benzene rings is 2. The molecular weight excluding hydrogens is 398 g/mol. The summed E-state index contributed by atoms with van der Waals surface area (Å²) in [6.45, 7) is 0.217. The fourth-order valence-electron chi connectivity index (χ4n) is 3.13. The van der Waals surface area contributed by atoms with Crippen LogP contribution in [0.15, 0.2) is 59.1 Å². The molecule has 26 heavy (non-hydrogen) atoms. The molecule has 0 radical (unpaired) electrons. The third-order valence-corrected chi connectivity index (χ3v) is 4.91. The number of hydrogen-bond acceptors (Lipinski definition) is 4. The number of esters is 1. The Morgan fingerprint density at radius 2 is 1.65 bits per heavy atom. The van der Waals surface area contributed by atoms with Gasteiger partial charge in [0.15, 0.2) is 0 Å². The van der Waals surface area contributed by atoms with Crippen LogP contribution in [0.1, 0.15) is 23.5 Å². The van der Waals surface area contributed by atoms with Gasteiger partial charge >= 0.3 is 11.9 Å². The van der Waals surface area contributed by atoms with Crippen LogP contribution in [0, 0.1) is 0 Å². The maximum absolute atomic E-state index is 12.1. The van der Waals surface area contributed by atoms with E-state index >= 15 is 0 Å². The number of aliphatic carboxylic acids is 1. The number of carbonyl (C=O) groups is 2. The number of halogens is 1. The van der Waals surface area contributed by atoms with Gasteiger partial charge < -0.3 is 15.6 Å². The molecule has 2 aromatic carbocycles. The van der Waals surface area contributed by atoms with Gasteiger partial charge in [-0.25, -0.2) is 4.79 Å². The molecular formula is C20H18BrNO4. The highest BCUT2D eigenvalue weighted by Crippen LogP contribution is 2.44. The Kier molecular flexibility index (Phi) is 5.54. The molecule has 1 aliphatic rings. The predicted molar refractivity (Wildman–Crippen MR) is 102 cm³/mol. The second-order valence-corrected chi connectivity index (χ2v) is 7.12. The van der Waals surface area contributed by atoms with Gasteiger partial charge in [0.05, 0.1) is 0 Å². The van der Waals surface area contributed by atoms with Crippen molar-refractivity contribution in [2.75, 3.05) is 6.61 Å². The Morgan fingerprint density at radius 3 is 2.19 bits per heavy atom. The molecule has 1 unspecified atom stereocenters. The zero-order valence-electron chi connectivity index (χ0n) is 13.9. The first-order chi connectivity index (χ1) is 12.5. The second kappa shape index (κ2) is 7.85. The van der Waals surface area contributed by atoms with Crippen molar-refractivity contribution in [3.05, 3.63) is 70.2 Å². The molecule has 0 aliphatic heterocycles. The molecule has 0 saturated carbocycles. The maximum atomic E-state index is 12.1. The standard InChI is InChI=1S/C20H18BrNO4/c21-12(9-18(22)20(24)25)10-19(23)26-11-17-15-7-3-1-5-13(15)14-6-2-4-8-16(14)17/h1-8,10,17-18H,9,11,22H2,(H,24,25)/b12-10-. The van der Waals surface area contributed by atoms with E-state index < -0.39 is 18.0 Å². The number of nitrogens with two attached hydrogens (primary N) is 1. The van der Waals surface area contributed by atoms with E-state index in [1.165, 1.54) is 6.08 Å². The van der Waals surface area contributed by atoms with E-state index in [-0.39, 0.29) is 18.9 Å². The summed E-state index contributed by atoms with van der Waals surface area (Å²) in [7, 11) is 0. The Hall–Kier alpha value is -2.44. The summed E-state index contributed by atoms with van der Waals surface area (Å²) < 4.78 is 5.81. The van der Waals surface area contributed by atoms with E-state index in [0.717, 1.165) is 22.3 Å². The zero-order chi connectivity index (χ0) is 18.7. The van der Waals surface area contributed by atoms with E-state index in [4.69, 9.17) is 15.6 Å². The lowest BCUT2D eigenvalue weighted by Crippen LogP contribution is -2.29. The normalized spacial score (nSPS) is 14.5. The van der Waals surface area contributed by atoms with Crippen LogP contribution in [0.25, 0.3) is 11.1 Å². The molecule has 0 spiro atoms. The average molecular weight is 416 g/mol. The molecule has 5 nitrogen and oxygen atoms in total. The largest absolute Gasteiger partial charge is 0.480 e. The number of fused-ring (bicyclic) bond motifs is 3. The first kappa shape index (κ1) is 18.4. The van der Waals surface area contributed by atoms with Crippen molar-refractivity contribution in [1.29, 1.82) is 0 Å². The number of carboxylic acids is 1. The van der Waals surface area contributed by atoms with Crippen molar-refractivity contribution in [2.45, 2.75) is 18.4 Å².